The fraction of sp³-hybridized carbons (Fsp3) is 0.333. The number of pyridine rings is 1. The van der Waals surface area contributed by atoms with E-state index in [4.69, 9.17) is 4.74 Å². The summed E-state index contributed by atoms with van der Waals surface area (Å²) in [6.07, 6.45) is -0.150. The van der Waals surface area contributed by atoms with Crippen molar-refractivity contribution in [2.75, 3.05) is 6.61 Å². The molecule has 0 saturated carbocycles. The van der Waals surface area contributed by atoms with Crippen LogP contribution in [0.15, 0.2) is 18.6 Å². The maximum atomic E-state index is 12.9. The standard InChI is InChI=1S/C9H7F2N5O/c10-9(11)5-1-8(16-4-13-14-15-16)12-2-6(5)7-3-17-7/h1-2,4,7,9H,3H2/t7-/m1/s1. The first-order chi connectivity index (χ1) is 8.25. The maximum absolute atomic E-state index is 12.9. The van der Waals surface area contributed by atoms with Crippen molar-refractivity contribution in [3.05, 3.63) is 29.7 Å². The number of ether oxygens (including phenoxy) is 1. The van der Waals surface area contributed by atoms with E-state index in [-0.39, 0.29) is 17.5 Å². The zero-order valence-electron chi connectivity index (χ0n) is 8.49. The van der Waals surface area contributed by atoms with Crippen LogP contribution >= 0.6 is 0 Å². The summed E-state index contributed by atoms with van der Waals surface area (Å²) in [4.78, 5) is 4.03. The number of hydrogen-bond donors (Lipinski definition) is 0. The summed E-state index contributed by atoms with van der Waals surface area (Å²) in [5.74, 6) is 0.259. The van der Waals surface area contributed by atoms with Gasteiger partial charge in [-0.1, -0.05) is 0 Å². The molecule has 0 spiro atoms. The van der Waals surface area contributed by atoms with E-state index in [0.29, 0.717) is 12.2 Å². The lowest BCUT2D eigenvalue weighted by Gasteiger charge is -2.07. The van der Waals surface area contributed by atoms with Crippen molar-refractivity contribution < 1.29 is 13.5 Å². The molecular weight excluding hydrogens is 232 g/mol. The maximum Gasteiger partial charge on any atom is 0.264 e. The van der Waals surface area contributed by atoms with Crippen LogP contribution in [-0.2, 0) is 4.74 Å². The molecule has 0 radical (unpaired) electrons. The van der Waals surface area contributed by atoms with Crippen LogP contribution in [0.3, 0.4) is 0 Å². The number of alkyl halides is 2. The summed E-state index contributed by atoms with van der Waals surface area (Å²) >= 11 is 0. The lowest BCUT2D eigenvalue weighted by Crippen LogP contribution is -2.03. The first-order valence-electron chi connectivity index (χ1n) is 4.88. The highest BCUT2D eigenvalue weighted by Gasteiger charge is 2.30. The Labute approximate surface area is 94.2 Å². The zero-order chi connectivity index (χ0) is 11.8. The Morgan fingerprint density at radius 1 is 1.47 bits per heavy atom. The Hall–Kier alpha value is -1.96. The molecule has 2 aromatic rings. The highest BCUT2D eigenvalue weighted by Crippen LogP contribution is 2.36. The second-order valence-corrected chi connectivity index (χ2v) is 3.55. The number of hydrogen-bond acceptors (Lipinski definition) is 5. The van der Waals surface area contributed by atoms with Crippen LogP contribution in [0.4, 0.5) is 8.78 Å². The summed E-state index contributed by atoms with van der Waals surface area (Å²) in [5.41, 5.74) is 0.338. The van der Waals surface area contributed by atoms with Crippen LogP contribution < -0.4 is 0 Å². The molecule has 0 aromatic carbocycles. The quantitative estimate of drug-likeness (QED) is 0.749. The minimum Gasteiger partial charge on any atom is -0.368 e. The number of epoxide rings is 1. The average Bonchev–Trinajstić information content (AvgIpc) is 3.03. The van der Waals surface area contributed by atoms with Gasteiger partial charge in [0.1, 0.15) is 12.4 Å². The molecule has 3 rings (SSSR count). The van der Waals surface area contributed by atoms with E-state index in [0.717, 1.165) is 0 Å². The van der Waals surface area contributed by atoms with Gasteiger partial charge in [-0.2, -0.15) is 4.68 Å². The van der Waals surface area contributed by atoms with Crippen molar-refractivity contribution in [3.63, 3.8) is 0 Å². The van der Waals surface area contributed by atoms with Crippen molar-refractivity contribution in [3.8, 4) is 5.82 Å². The molecule has 1 aliphatic rings. The zero-order valence-corrected chi connectivity index (χ0v) is 8.49. The van der Waals surface area contributed by atoms with E-state index in [1.54, 1.807) is 0 Å². The number of halogens is 2. The van der Waals surface area contributed by atoms with Gasteiger partial charge in [0.05, 0.1) is 6.61 Å². The predicted octanol–water partition coefficient (Wildman–Crippen LogP) is 1.07. The molecule has 0 aliphatic carbocycles. The number of aromatic nitrogens is 5. The second kappa shape index (κ2) is 3.81. The molecule has 8 heteroatoms. The van der Waals surface area contributed by atoms with Crippen molar-refractivity contribution >= 4 is 0 Å². The third kappa shape index (κ3) is 1.86. The monoisotopic (exact) mass is 239 g/mol. The molecule has 0 amide bonds. The van der Waals surface area contributed by atoms with E-state index >= 15 is 0 Å². The van der Waals surface area contributed by atoms with E-state index in [1.165, 1.54) is 23.3 Å². The highest BCUT2D eigenvalue weighted by molar-refractivity contribution is 5.36. The van der Waals surface area contributed by atoms with E-state index in [2.05, 4.69) is 20.5 Å². The van der Waals surface area contributed by atoms with Crippen LogP contribution in [0, 0.1) is 0 Å². The van der Waals surface area contributed by atoms with Crippen LogP contribution in [0.1, 0.15) is 23.7 Å². The van der Waals surface area contributed by atoms with Gasteiger partial charge in [-0.25, -0.2) is 13.8 Å². The van der Waals surface area contributed by atoms with E-state index < -0.39 is 6.43 Å². The van der Waals surface area contributed by atoms with E-state index in [9.17, 15) is 8.78 Å². The van der Waals surface area contributed by atoms with Gasteiger partial charge >= 0.3 is 0 Å². The van der Waals surface area contributed by atoms with Crippen LogP contribution in [0.5, 0.6) is 0 Å². The van der Waals surface area contributed by atoms with E-state index in [1.807, 2.05) is 0 Å². The molecule has 6 nitrogen and oxygen atoms in total. The molecule has 1 saturated heterocycles. The molecule has 0 bridgehead atoms. The first-order valence-corrected chi connectivity index (χ1v) is 4.88. The summed E-state index contributed by atoms with van der Waals surface area (Å²) in [5, 5.41) is 10.4. The fourth-order valence-corrected chi connectivity index (χ4v) is 1.55. The highest BCUT2D eigenvalue weighted by atomic mass is 19.3. The normalized spacial score (nSPS) is 18.6. The number of tetrazole rings is 1. The molecule has 3 heterocycles. The number of rotatable bonds is 3. The topological polar surface area (TPSA) is 69.0 Å². The lowest BCUT2D eigenvalue weighted by molar-refractivity contribution is 0.149. The van der Waals surface area contributed by atoms with Gasteiger partial charge < -0.3 is 4.74 Å². The van der Waals surface area contributed by atoms with Gasteiger partial charge in [-0.15, -0.1) is 5.10 Å². The van der Waals surface area contributed by atoms with Gasteiger partial charge in [0, 0.05) is 17.3 Å². The van der Waals surface area contributed by atoms with Crippen LogP contribution in [-0.4, -0.2) is 31.8 Å². The Balaban J connectivity index is 2.05. The molecule has 88 valence electrons. The predicted molar refractivity (Wildman–Crippen MR) is 50.6 cm³/mol. The summed E-state index contributed by atoms with van der Waals surface area (Å²) < 4.78 is 32.0. The van der Waals surface area contributed by atoms with Crippen LogP contribution in [0.2, 0.25) is 0 Å². The Kier molecular flexibility index (Phi) is 2.29. The Bertz CT molecular complexity index is 526. The van der Waals surface area contributed by atoms with Crippen molar-refractivity contribution in [1.29, 1.82) is 0 Å². The molecule has 0 unspecified atom stereocenters. The Morgan fingerprint density at radius 3 is 2.88 bits per heavy atom. The van der Waals surface area contributed by atoms with Crippen LogP contribution in [0.25, 0.3) is 5.82 Å². The first kappa shape index (κ1) is 10.2. The molecule has 2 aromatic heterocycles. The van der Waals surface area contributed by atoms with Gasteiger partial charge in [0.15, 0.2) is 5.82 Å². The smallest absolute Gasteiger partial charge is 0.264 e. The minimum absolute atomic E-state index is 0.0898. The molecule has 1 aliphatic heterocycles. The summed E-state index contributed by atoms with van der Waals surface area (Å²) in [7, 11) is 0. The summed E-state index contributed by atoms with van der Waals surface area (Å²) in [6.45, 7) is 0.464. The van der Waals surface area contributed by atoms with Crippen molar-refractivity contribution in [2.45, 2.75) is 12.5 Å². The molecular formula is C9H7F2N5O. The molecule has 1 fully saturated rings. The van der Waals surface area contributed by atoms with Crippen molar-refractivity contribution in [1.82, 2.24) is 25.2 Å². The SMILES string of the molecule is FC(F)c1cc(-n2cnnn2)ncc1[C@H]1CO1. The number of nitrogens with zero attached hydrogens (tertiary/aromatic N) is 5. The third-order valence-electron chi connectivity index (χ3n) is 2.45. The lowest BCUT2D eigenvalue weighted by atomic mass is 10.1. The second-order valence-electron chi connectivity index (χ2n) is 3.55. The Morgan fingerprint density at radius 2 is 2.29 bits per heavy atom. The average molecular weight is 239 g/mol. The minimum atomic E-state index is -2.58. The van der Waals surface area contributed by atoms with Crippen molar-refractivity contribution in [2.24, 2.45) is 0 Å². The van der Waals surface area contributed by atoms with Gasteiger partial charge in [-0.05, 0) is 16.5 Å². The third-order valence-corrected chi connectivity index (χ3v) is 2.45. The molecule has 17 heavy (non-hydrogen) atoms. The van der Waals surface area contributed by atoms with Gasteiger partial charge in [-0.3, -0.25) is 0 Å². The van der Waals surface area contributed by atoms with Gasteiger partial charge in [0.2, 0.25) is 0 Å². The largest absolute Gasteiger partial charge is 0.368 e. The molecule has 0 N–H and O–H groups in total. The summed E-state index contributed by atoms with van der Waals surface area (Å²) in [6, 6.07) is 1.28. The van der Waals surface area contributed by atoms with Gasteiger partial charge in [0.25, 0.3) is 6.43 Å². The fourth-order valence-electron chi connectivity index (χ4n) is 1.55. The molecule has 1 atom stereocenters.